The Morgan fingerprint density at radius 2 is 1.02 bits per heavy atom. The van der Waals surface area contributed by atoms with E-state index in [1.54, 1.807) is 6.92 Å². The Labute approximate surface area is 269 Å². The molecule has 0 heterocycles. The van der Waals surface area contributed by atoms with Crippen molar-refractivity contribution in [2.24, 2.45) is 11.5 Å². The lowest BCUT2D eigenvalue weighted by molar-refractivity contribution is -0.0473. The minimum Gasteiger partial charge on any atom is -0.457 e. The smallest absolute Gasteiger partial charge is 0.127 e. The van der Waals surface area contributed by atoms with Crippen LogP contribution in [0.2, 0.25) is 0 Å². The second-order valence-corrected chi connectivity index (χ2v) is 11.7. The van der Waals surface area contributed by atoms with Crippen molar-refractivity contribution in [3.63, 3.8) is 0 Å². The maximum atomic E-state index is 6.97. The number of allylic oxidation sites excluding steroid dienone is 2. The van der Waals surface area contributed by atoms with Crippen LogP contribution in [-0.4, -0.2) is 11.8 Å². The van der Waals surface area contributed by atoms with Crippen LogP contribution < -0.4 is 32.4 Å². The maximum Gasteiger partial charge on any atom is 0.127 e. The number of ether oxygens (including phenoxy) is 3. The van der Waals surface area contributed by atoms with Gasteiger partial charge in [0.05, 0.1) is 17.2 Å². The molecule has 0 fully saturated rings. The molecule has 0 saturated heterocycles. The molecule has 1 aliphatic rings. The molecule has 232 valence electrons. The van der Waals surface area contributed by atoms with E-state index in [-0.39, 0.29) is 0 Å². The molecular formula is C39H38N4O3. The molecule has 0 amide bonds. The molecule has 6 rings (SSSR count). The topological polar surface area (TPSA) is 132 Å². The van der Waals surface area contributed by atoms with Crippen LogP contribution in [0.3, 0.4) is 0 Å². The van der Waals surface area contributed by atoms with Gasteiger partial charge in [-0.05, 0) is 96.4 Å². The van der Waals surface area contributed by atoms with Crippen LogP contribution in [0.4, 0.5) is 11.4 Å². The van der Waals surface area contributed by atoms with Gasteiger partial charge in [0, 0.05) is 11.4 Å². The zero-order valence-corrected chi connectivity index (χ0v) is 25.6. The number of nitrogen functional groups attached to an aromatic ring is 2. The van der Waals surface area contributed by atoms with Crippen LogP contribution in [0.15, 0.2) is 152 Å². The SMILES string of the molecule is CC(N)(N)C(OC1C=CC=CC1(c1ccc(Oc2ccc(N)cc2)cc1)c1ccc(Oc2ccc(N)cc2)cc1)c1ccccc1. The molecule has 2 atom stereocenters. The van der Waals surface area contributed by atoms with Crippen LogP contribution in [0.5, 0.6) is 23.0 Å². The average Bonchev–Trinajstić information content (AvgIpc) is 3.06. The Bertz CT molecular complexity index is 1700. The zero-order valence-electron chi connectivity index (χ0n) is 25.6. The highest BCUT2D eigenvalue weighted by Crippen LogP contribution is 2.45. The molecule has 5 aromatic carbocycles. The van der Waals surface area contributed by atoms with Crippen LogP contribution in [0.1, 0.15) is 29.7 Å². The van der Waals surface area contributed by atoms with Gasteiger partial charge in [-0.3, -0.25) is 0 Å². The molecule has 0 aromatic heterocycles. The summed E-state index contributed by atoms with van der Waals surface area (Å²) in [5, 5.41) is 0. The summed E-state index contributed by atoms with van der Waals surface area (Å²) >= 11 is 0. The Kier molecular flexibility index (Phi) is 8.63. The minimum atomic E-state index is -1.16. The number of hydrogen-bond acceptors (Lipinski definition) is 7. The Morgan fingerprint density at radius 3 is 1.46 bits per heavy atom. The predicted molar refractivity (Wildman–Crippen MR) is 185 cm³/mol. The molecule has 0 radical (unpaired) electrons. The van der Waals surface area contributed by atoms with E-state index in [1.165, 1.54) is 0 Å². The number of nitrogens with two attached hydrogens (primary N) is 4. The molecule has 7 heteroatoms. The van der Waals surface area contributed by atoms with Gasteiger partial charge in [0.2, 0.25) is 0 Å². The predicted octanol–water partition coefficient (Wildman–Crippen LogP) is 7.61. The van der Waals surface area contributed by atoms with E-state index in [2.05, 4.69) is 36.4 Å². The van der Waals surface area contributed by atoms with Gasteiger partial charge >= 0.3 is 0 Å². The van der Waals surface area contributed by atoms with Gasteiger partial charge in [-0.25, -0.2) is 0 Å². The van der Waals surface area contributed by atoms with Gasteiger partial charge in [-0.1, -0.05) is 78.9 Å². The number of anilines is 2. The molecule has 46 heavy (non-hydrogen) atoms. The zero-order chi connectivity index (χ0) is 32.1. The van der Waals surface area contributed by atoms with E-state index in [0.717, 1.165) is 16.7 Å². The Hall–Kier alpha value is -5.34. The van der Waals surface area contributed by atoms with Crippen LogP contribution in [0.25, 0.3) is 0 Å². The van der Waals surface area contributed by atoms with Crippen molar-refractivity contribution in [3.05, 3.63) is 168 Å². The van der Waals surface area contributed by atoms with Gasteiger partial charge in [0.25, 0.3) is 0 Å². The number of rotatable bonds is 10. The highest BCUT2D eigenvalue weighted by molar-refractivity contribution is 5.53. The van der Waals surface area contributed by atoms with E-state index in [1.807, 2.05) is 115 Å². The van der Waals surface area contributed by atoms with Crippen molar-refractivity contribution in [1.82, 2.24) is 0 Å². The van der Waals surface area contributed by atoms with Gasteiger partial charge < -0.3 is 37.1 Å². The lowest BCUT2D eigenvalue weighted by Crippen LogP contribution is -2.54. The van der Waals surface area contributed by atoms with Gasteiger partial charge in [-0.15, -0.1) is 0 Å². The summed E-state index contributed by atoms with van der Waals surface area (Å²) in [7, 11) is 0. The molecule has 0 spiro atoms. The van der Waals surface area contributed by atoms with Crippen molar-refractivity contribution in [1.29, 1.82) is 0 Å². The third-order valence-corrected chi connectivity index (χ3v) is 8.05. The fraction of sp³-hybridized carbons (Fsp3) is 0.128. The van der Waals surface area contributed by atoms with Crippen LogP contribution in [0, 0.1) is 0 Å². The van der Waals surface area contributed by atoms with Gasteiger partial charge in [-0.2, -0.15) is 0 Å². The summed E-state index contributed by atoms with van der Waals surface area (Å²) in [6, 6.07) is 40.6. The lowest BCUT2D eigenvalue weighted by Gasteiger charge is -2.43. The fourth-order valence-corrected chi connectivity index (χ4v) is 5.76. The standard InChI is InChI=1S/C39H38N4O3/c1-38(42,43)37(27-7-3-2-4-8-27)46-36-9-5-6-26-39(36,28-10-18-32(19-11-28)44-34-22-14-30(40)15-23-34)29-12-20-33(21-13-29)45-35-24-16-31(41)17-25-35/h2-26,36-37H,40-43H2,1H3. The van der Waals surface area contributed by atoms with Crippen molar-refractivity contribution < 1.29 is 14.2 Å². The summed E-state index contributed by atoms with van der Waals surface area (Å²) in [5.41, 5.74) is 27.2. The number of hydrogen-bond donors (Lipinski definition) is 4. The molecule has 8 N–H and O–H groups in total. The van der Waals surface area contributed by atoms with Gasteiger partial charge in [0.15, 0.2) is 0 Å². The molecule has 2 unspecified atom stereocenters. The largest absolute Gasteiger partial charge is 0.457 e. The molecule has 0 saturated carbocycles. The van der Waals surface area contributed by atoms with Crippen LogP contribution >= 0.6 is 0 Å². The van der Waals surface area contributed by atoms with E-state index in [0.29, 0.717) is 34.4 Å². The summed E-state index contributed by atoms with van der Waals surface area (Å²) in [4.78, 5) is 0. The van der Waals surface area contributed by atoms with E-state index in [4.69, 9.17) is 37.1 Å². The third-order valence-electron chi connectivity index (χ3n) is 8.05. The monoisotopic (exact) mass is 610 g/mol. The maximum absolute atomic E-state index is 6.97. The Balaban J connectivity index is 1.39. The second-order valence-electron chi connectivity index (χ2n) is 11.7. The first kappa shape index (κ1) is 30.7. The van der Waals surface area contributed by atoms with E-state index >= 15 is 0 Å². The van der Waals surface area contributed by atoms with Crippen molar-refractivity contribution in [3.8, 4) is 23.0 Å². The first-order valence-electron chi connectivity index (χ1n) is 15.1. The van der Waals surface area contributed by atoms with E-state index < -0.39 is 23.3 Å². The van der Waals surface area contributed by atoms with E-state index in [9.17, 15) is 0 Å². The fourth-order valence-electron chi connectivity index (χ4n) is 5.76. The summed E-state index contributed by atoms with van der Waals surface area (Å²) in [5.74, 6) is 2.79. The molecule has 1 aliphatic carbocycles. The summed E-state index contributed by atoms with van der Waals surface area (Å²) < 4.78 is 19.2. The first-order chi connectivity index (χ1) is 22.2. The first-order valence-corrected chi connectivity index (χ1v) is 15.1. The quantitative estimate of drug-likeness (QED) is 0.0945. The molecule has 0 aliphatic heterocycles. The summed E-state index contributed by atoms with van der Waals surface area (Å²) in [6.07, 6.45) is 7.18. The van der Waals surface area contributed by atoms with Crippen molar-refractivity contribution in [2.45, 2.75) is 30.2 Å². The lowest BCUT2D eigenvalue weighted by atomic mass is 9.68. The molecular weight excluding hydrogens is 572 g/mol. The normalized spacial score (nSPS) is 16.1. The number of benzene rings is 5. The molecule has 0 bridgehead atoms. The summed E-state index contributed by atoms with van der Waals surface area (Å²) in [6.45, 7) is 1.78. The van der Waals surface area contributed by atoms with Crippen LogP contribution in [-0.2, 0) is 10.2 Å². The highest BCUT2D eigenvalue weighted by Gasteiger charge is 2.44. The second kappa shape index (κ2) is 12.9. The van der Waals surface area contributed by atoms with Crippen molar-refractivity contribution >= 4 is 11.4 Å². The van der Waals surface area contributed by atoms with Crippen molar-refractivity contribution in [2.75, 3.05) is 11.5 Å². The molecule has 5 aromatic rings. The third kappa shape index (κ3) is 6.67. The molecule has 7 nitrogen and oxygen atoms in total. The Morgan fingerprint density at radius 1 is 0.587 bits per heavy atom. The van der Waals surface area contributed by atoms with Gasteiger partial charge in [0.1, 0.15) is 29.1 Å². The highest BCUT2D eigenvalue weighted by atomic mass is 16.5. The minimum absolute atomic E-state index is 0.470. The average molecular weight is 611 g/mol.